The molecule has 0 saturated carbocycles. The topological polar surface area (TPSA) is 50.4 Å². The summed E-state index contributed by atoms with van der Waals surface area (Å²) < 4.78 is 5.39. The molecule has 1 aromatic carbocycles. The van der Waals surface area contributed by atoms with Gasteiger partial charge in [0.15, 0.2) is 0 Å². The summed E-state index contributed by atoms with van der Waals surface area (Å²) in [5.41, 5.74) is 1.65. The zero-order chi connectivity index (χ0) is 13.8. The average molecular weight is 283 g/mol. The number of carbonyl (C=O) groups excluding carboxylic acids is 1. The van der Waals surface area contributed by atoms with Gasteiger partial charge in [-0.2, -0.15) is 0 Å². The van der Waals surface area contributed by atoms with Gasteiger partial charge in [-0.1, -0.05) is 30.7 Å². The van der Waals surface area contributed by atoms with Gasteiger partial charge in [0.05, 0.1) is 29.8 Å². The maximum atomic E-state index is 12.3. The number of anilines is 1. The lowest BCUT2D eigenvalue weighted by molar-refractivity contribution is -0.120. The van der Waals surface area contributed by atoms with E-state index < -0.39 is 0 Å². The highest BCUT2D eigenvalue weighted by Crippen LogP contribution is 2.26. The van der Waals surface area contributed by atoms with Gasteiger partial charge in [0.25, 0.3) is 0 Å². The molecule has 1 heterocycles. The molecule has 2 N–H and O–H groups in total. The molecule has 2 atom stereocenters. The number of benzene rings is 1. The number of nitrogens with one attached hydrogen (secondary N) is 2. The van der Waals surface area contributed by atoms with E-state index in [0.717, 1.165) is 12.1 Å². The van der Waals surface area contributed by atoms with Gasteiger partial charge in [0.2, 0.25) is 5.91 Å². The van der Waals surface area contributed by atoms with Crippen LogP contribution in [0, 0.1) is 12.8 Å². The standard InChI is InChI=1S/C14H19ClN2O2/c1-3-16-12-8-19-7-10(12)14(18)17-13-9(2)5-4-6-11(13)15/h4-6,10,12,16H,3,7-8H2,1-2H3,(H,17,18). The Labute approximate surface area is 118 Å². The maximum absolute atomic E-state index is 12.3. The first-order chi connectivity index (χ1) is 9.13. The summed E-state index contributed by atoms with van der Waals surface area (Å²) in [4.78, 5) is 12.3. The quantitative estimate of drug-likeness (QED) is 0.890. The van der Waals surface area contributed by atoms with Gasteiger partial charge in [0.1, 0.15) is 0 Å². The molecule has 1 saturated heterocycles. The van der Waals surface area contributed by atoms with Crippen molar-refractivity contribution in [3.05, 3.63) is 28.8 Å². The van der Waals surface area contributed by atoms with Crippen LogP contribution in [-0.4, -0.2) is 31.7 Å². The number of para-hydroxylation sites is 1. The Morgan fingerprint density at radius 2 is 2.26 bits per heavy atom. The fourth-order valence-corrected chi connectivity index (χ4v) is 2.55. The Hall–Kier alpha value is -1.10. The van der Waals surface area contributed by atoms with Crippen molar-refractivity contribution in [1.29, 1.82) is 0 Å². The van der Waals surface area contributed by atoms with Crippen molar-refractivity contribution in [2.24, 2.45) is 5.92 Å². The highest BCUT2D eigenvalue weighted by molar-refractivity contribution is 6.33. The van der Waals surface area contributed by atoms with E-state index in [4.69, 9.17) is 16.3 Å². The van der Waals surface area contributed by atoms with Gasteiger partial charge >= 0.3 is 0 Å². The van der Waals surface area contributed by atoms with E-state index in [2.05, 4.69) is 10.6 Å². The first-order valence-corrected chi connectivity index (χ1v) is 6.88. The Morgan fingerprint density at radius 1 is 1.47 bits per heavy atom. The van der Waals surface area contributed by atoms with Crippen LogP contribution in [0.4, 0.5) is 5.69 Å². The van der Waals surface area contributed by atoms with Crippen LogP contribution in [0.1, 0.15) is 12.5 Å². The molecule has 1 aliphatic rings. The lowest BCUT2D eigenvalue weighted by atomic mass is 10.0. The Kier molecular flexibility index (Phi) is 4.80. The van der Waals surface area contributed by atoms with Crippen molar-refractivity contribution in [1.82, 2.24) is 5.32 Å². The molecule has 4 nitrogen and oxygen atoms in total. The molecule has 0 spiro atoms. The Morgan fingerprint density at radius 3 is 2.95 bits per heavy atom. The second-order valence-corrected chi connectivity index (χ2v) is 5.14. The monoisotopic (exact) mass is 282 g/mol. The molecule has 1 fully saturated rings. The van der Waals surface area contributed by atoms with Crippen molar-refractivity contribution in [3.8, 4) is 0 Å². The first kappa shape index (κ1) is 14.3. The van der Waals surface area contributed by atoms with Gasteiger partial charge in [-0.3, -0.25) is 4.79 Å². The number of ether oxygens (including phenoxy) is 1. The van der Waals surface area contributed by atoms with Crippen LogP contribution in [0.25, 0.3) is 0 Å². The molecular formula is C14H19ClN2O2. The molecule has 0 radical (unpaired) electrons. The maximum Gasteiger partial charge on any atom is 0.231 e. The second-order valence-electron chi connectivity index (χ2n) is 4.73. The van der Waals surface area contributed by atoms with Crippen LogP contribution >= 0.6 is 11.6 Å². The average Bonchev–Trinajstić information content (AvgIpc) is 2.83. The molecule has 1 amide bonds. The van der Waals surface area contributed by atoms with Gasteiger partial charge < -0.3 is 15.4 Å². The lowest BCUT2D eigenvalue weighted by Crippen LogP contribution is -2.41. The number of halogens is 1. The normalized spacial score (nSPS) is 22.5. The molecule has 104 valence electrons. The molecule has 2 unspecified atom stereocenters. The fourth-order valence-electron chi connectivity index (χ4n) is 2.28. The van der Waals surface area contributed by atoms with Gasteiger partial charge in [-0.15, -0.1) is 0 Å². The van der Waals surface area contributed by atoms with Crippen molar-refractivity contribution in [2.45, 2.75) is 19.9 Å². The fraction of sp³-hybridized carbons (Fsp3) is 0.500. The molecule has 1 aliphatic heterocycles. The van der Waals surface area contributed by atoms with E-state index in [0.29, 0.717) is 23.9 Å². The first-order valence-electron chi connectivity index (χ1n) is 6.50. The summed E-state index contributed by atoms with van der Waals surface area (Å²) in [7, 11) is 0. The zero-order valence-corrected chi connectivity index (χ0v) is 12.0. The van der Waals surface area contributed by atoms with Gasteiger partial charge in [0, 0.05) is 6.04 Å². The van der Waals surface area contributed by atoms with Crippen LogP contribution in [0.2, 0.25) is 5.02 Å². The van der Waals surface area contributed by atoms with Crippen molar-refractivity contribution >= 4 is 23.2 Å². The highest BCUT2D eigenvalue weighted by atomic mass is 35.5. The largest absolute Gasteiger partial charge is 0.379 e. The van der Waals surface area contributed by atoms with Crippen LogP contribution in [0.3, 0.4) is 0 Å². The summed E-state index contributed by atoms with van der Waals surface area (Å²) in [6.45, 7) is 5.79. The number of likely N-dealkylation sites (N-methyl/N-ethyl adjacent to an activating group) is 1. The predicted octanol–water partition coefficient (Wildman–Crippen LogP) is 2.21. The minimum Gasteiger partial charge on any atom is -0.379 e. The number of aryl methyl sites for hydroxylation is 1. The third kappa shape index (κ3) is 3.26. The molecule has 5 heteroatoms. The number of hydrogen-bond donors (Lipinski definition) is 2. The van der Waals surface area contributed by atoms with E-state index in [-0.39, 0.29) is 17.9 Å². The van der Waals surface area contributed by atoms with E-state index in [9.17, 15) is 4.79 Å². The van der Waals surface area contributed by atoms with Crippen LogP contribution in [0.5, 0.6) is 0 Å². The third-order valence-electron chi connectivity index (χ3n) is 3.35. The summed E-state index contributed by atoms with van der Waals surface area (Å²) in [5.74, 6) is -0.213. The van der Waals surface area contributed by atoms with E-state index >= 15 is 0 Å². The molecule has 0 bridgehead atoms. The number of amides is 1. The lowest BCUT2D eigenvalue weighted by Gasteiger charge is -2.19. The minimum absolute atomic E-state index is 0.0420. The SMILES string of the molecule is CCNC1COCC1C(=O)Nc1c(C)cccc1Cl. The smallest absolute Gasteiger partial charge is 0.231 e. The minimum atomic E-state index is -0.171. The summed E-state index contributed by atoms with van der Waals surface area (Å²) >= 11 is 6.12. The van der Waals surface area contributed by atoms with Gasteiger partial charge in [-0.05, 0) is 25.1 Å². The van der Waals surface area contributed by atoms with Crippen molar-refractivity contribution in [2.75, 3.05) is 25.1 Å². The van der Waals surface area contributed by atoms with Gasteiger partial charge in [-0.25, -0.2) is 0 Å². The summed E-state index contributed by atoms with van der Waals surface area (Å²) in [5, 5.41) is 6.75. The molecule has 19 heavy (non-hydrogen) atoms. The Balaban J connectivity index is 2.08. The number of hydrogen-bond acceptors (Lipinski definition) is 3. The molecule has 1 aromatic rings. The highest BCUT2D eigenvalue weighted by Gasteiger charge is 2.33. The molecule has 0 aliphatic carbocycles. The Bertz CT molecular complexity index is 445. The van der Waals surface area contributed by atoms with Crippen LogP contribution < -0.4 is 10.6 Å². The van der Waals surface area contributed by atoms with Crippen LogP contribution in [0.15, 0.2) is 18.2 Å². The van der Waals surface area contributed by atoms with Crippen molar-refractivity contribution in [3.63, 3.8) is 0 Å². The zero-order valence-electron chi connectivity index (χ0n) is 11.2. The van der Waals surface area contributed by atoms with Crippen LogP contribution in [-0.2, 0) is 9.53 Å². The molecule has 2 rings (SSSR count). The molecular weight excluding hydrogens is 264 g/mol. The summed E-state index contributed by atoms with van der Waals surface area (Å²) in [6, 6.07) is 5.65. The molecule has 0 aromatic heterocycles. The third-order valence-corrected chi connectivity index (χ3v) is 3.67. The van der Waals surface area contributed by atoms with E-state index in [1.54, 1.807) is 6.07 Å². The van der Waals surface area contributed by atoms with E-state index in [1.165, 1.54) is 0 Å². The number of carbonyl (C=O) groups is 1. The van der Waals surface area contributed by atoms with Crippen molar-refractivity contribution < 1.29 is 9.53 Å². The predicted molar refractivity (Wildman–Crippen MR) is 76.6 cm³/mol. The number of rotatable bonds is 4. The summed E-state index contributed by atoms with van der Waals surface area (Å²) in [6.07, 6.45) is 0. The van der Waals surface area contributed by atoms with E-state index in [1.807, 2.05) is 26.0 Å². The second kappa shape index (κ2) is 6.37.